The van der Waals surface area contributed by atoms with Crippen LogP contribution in [0.15, 0.2) is 18.2 Å². The van der Waals surface area contributed by atoms with Gasteiger partial charge in [0.2, 0.25) is 5.91 Å². The number of nitrogens with two attached hydrogens (primary N) is 1. The number of rotatable bonds is 4. The van der Waals surface area contributed by atoms with Crippen LogP contribution in [0.25, 0.3) is 0 Å². The molecular formula is C14H20F2N2O. The van der Waals surface area contributed by atoms with Crippen LogP contribution in [-0.4, -0.2) is 12.5 Å². The SMILES string of the molecule is CC(C)(C)CC(CN)C(=O)Nc1cccc(F)c1F. The number of halogens is 2. The monoisotopic (exact) mass is 270 g/mol. The third-order valence-electron chi connectivity index (χ3n) is 2.72. The molecule has 0 spiro atoms. The highest BCUT2D eigenvalue weighted by atomic mass is 19.2. The fourth-order valence-electron chi connectivity index (χ4n) is 1.86. The lowest BCUT2D eigenvalue weighted by molar-refractivity contribution is -0.120. The minimum atomic E-state index is -1.05. The second-order valence-corrected chi connectivity index (χ2v) is 5.79. The molecule has 0 fully saturated rings. The van der Waals surface area contributed by atoms with E-state index in [-0.39, 0.29) is 23.6 Å². The second kappa shape index (κ2) is 6.10. The molecule has 1 aromatic carbocycles. The van der Waals surface area contributed by atoms with Crippen LogP contribution in [0.4, 0.5) is 14.5 Å². The summed E-state index contributed by atoms with van der Waals surface area (Å²) in [6.07, 6.45) is 0.576. The van der Waals surface area contributed by atoms with Crippen molar-refractivity contribution in [1.29, 1.82) is 0 Å². The average Bonchev–Trinajstić information content (AvgIpc) is 2.30. The van der Waals surface area contributed by atoms with E-state index < -0.39 is 17.6 Å². The van der Waals surface area contributed by atoms with Gasteiger partial charge in [-0.15, -0.1) is 0 Å². The number of benzene rings is 1. The molecule has 5 heteroatoms. The van der Waals surface area contributed by atoms with Gasteiger partial charge in [0, 0.05) is 6.54 Å². The molecule has 0 aliphatic carbocycles. The molecule has 1 rings (SSSR count). The minimum Gasteiger partial charge on any atom is -0.330 e. The normalized spacial score (nSPS) is 13.2. The van der Waals surface area contributed by atoms with Gasteiger partial charge in [0.15, 0.2) is 11.6 Å². The van der Waals surface area contributed by atoms with Gasteiger partial charge in [-0.1, -0.05) is 26.8 Å². The number of carbonyl (C=O) groups excluding carboxylic acids is 1. The first-order valence-electron chi connectivity index (χ1n) is 6.19. The lowest BCUT2D eigenvalue weighted by atomic mass is 9.84. The predicted molar refractivity (Wildman–Crippen MR) is 71.6 cm³/mol. The summed E-state index contributed by atoms with van der Waals surface area (Å²) in [5.74, 6) is -2.86. The van der Waals surface area contributed by atoms with E-state index in [1.165, 1.54) is 12.1 Å². The Bertz CT molecular complexity index is 455. The van der Waals surface area contributed by atoms with Crippen molar-refractivity contribution in [2.45, 2.75) is 27.2 Å². The van der Waals surface area contributed by atoms with Crippen molar-refractivity contribution < 1.29 is 13.6 Å². The summed E-state index contributed by atoms with van der Waals surface area (Å²) in [6.45, 7) is 6.14. The van der Waals surface area contributed by atoms with Crippen LogP contribution in [0.5, 0.6) is 0 Å². The van der Waals surface area contributed by atoms with Crippen LogP contribution in [0.3, 0.4) is 0 Å². The molecule has 1 aromatic rings. The van der Waals surface area contributed by atoms with Crippen molar-refractivity contribution in [1.82, 2.24) is 0 Å². The van der Waals surface area contributed by atoms with Gasteiger partial charge < -0.3 is 11.1 Å². The van der Waals surface area contributed by atoms with Gasteiger partial charge in [0.05, 0.1) is 11.6 Å². The molecule has 0 aliphatic rings. The molecule has 0 radical (unpaired) electrons. The second-order valence-electron chi connectivity index (χ2n) is 5.79. The summed E-state index contributed by atoms with van der Waals surface area (Å²) in [5.41, 5.74) is 5.35. The Morgan fingerprint density at radius 1 is 1.37 bits per heavy atom. The summed E-state index contributed by atoms with van der Waals surface area (Å²) in [5, 5.41) is 2.39. The van der Waals surface area contributed by atoms with Gasteiger partial charge in [-0.2, -0.15) is 0 Å². The Morgan fingerprint density at radius 2 is 2.00 bits per heavy atom. The summed E-state index contributed by atoms with van der Waals surface area (Å²) in [7, 11) is 0. The van der Waals surface area contributed by atoms with Crippen LogP contribution in [-0.2, 0) is 4.79 Å². The molecule has 0 aliphatic heterocycles. The Morgan fingerprint density at radius 3 is 2.53 bits per heavy atom. The fraction of sp³-hybridized carbons (Fsp3) is 0.500. The van der Waals surface area contributed by atoms with E-state index in [1.807, 2.05) is 20.8 Å². The van der Waals surface area contributed by atoms with E-state index in [0.717, 1.165) is 6.07 Å². The van der Waals surface area contributed by atoms with Crippen molar-refractivity contribution in [3.8, 4) is 0 Å². The van der Waals surface area contributed by atoms with E-state index >= 15 is 0 Å². The van der Waals surface area contributed by atoms with E-state index in [0.29, 0.717) is 6.42 Å². The fourth-order valence-corrected chi connectivity index (χ4v) is 1.86. The molecular weight excluding hydrogens is 250 g/mol. The van der Waals surface area contributed by atoms with Gasteiger partial charge in [-0.05, 0) is 24.0 Å². The summed E-state index contributed by atoms with van der Waals surface area (Å²) < 4.78 is 26.5. The third kappa shape index (κ3) is 4.59. The minimum absolute atomic E-state index is 0.0676. The van der Waals surface area contributed by atoms with Crippen LogP contribution in [0, 0.1) is 23.0 Å². The molecule has 3 nitrogen and oxygen atoms in total. The van der Waals surface area contributed by atoms with Crippen molar-refractivity contribution in [3.05, 3.63) is 29.8 Å². The summed E-state index contributed by atoms with van der Waals surface area (Å²) in [6, 6.07) is 3.66. The molecule has 1 amide bonds. The van der Waals surface area contributed by atoms with Crippen molar-refractivity contribution in [3.63, 3.8) is 0 Å². The molecule has 0 heterocycles. The van der Waals surface area contributed by atoms with Gasteiger partial charge >= 0.3 is 0 Å². The molecule has 19 heavy (non-hydrogen) atoms. The molecule has 1 unspecified atom stereocenters. The first kappa shape index (κ1) is 15.6. The van der Waals surface area contributed by atoms with Gasteiger partial charge in [0.1, 0.15) is 0 Å². The number of amides is 1. The highest BCUT2D eigenvalue weighted by Crippen LogP contribution is 2.25. The average molecular weight is 270 g/mol. The van der Waals surface area contributed by atoms with Crippen LogP contribution in [0.2, 0.25) is 0 Å². The topological polar surface area (TPSA) is 55.1 Å². The zero-order valence-corrected chi connectivity index (χ0v) is 11.5. The Labute approximate surface area is 112 Å². The predicted octanol–water partition coefficient (Wildman–Crippen LogP) is 2.91. The number of hydrogen-bond acceptors (Lipinski definition) is 2. The highest BCUT2D eigenvalue weighted by Gasteiger charge is 2.24. The molecule has 0 aromatic heterocycles. The molecule has 3 N–H and O–H groups in total. The number of hydrogen-bond donors (Lipinski definition) is 2. The van der Waals surface area contributed by atoms with Crippen molar-refractivity contribution in [2.24, 2.45) is 17.1 Å². The van der Waals surface area contributed by atoms with E-state index in [2.05, 4.69) is 5.32 Å². The van der Waals surface area contributed by atoms with Gasteiger partial charge in [-0.3, -0.25) is 4.79 Å². The summed E-state index contributed by atoms with van der Waals surface area (Å²) in [4.78, 5) is 12.0. The molecule has 0 saturated heterocycles. The Balaban J connectivity index is 2.80. The van der Waals surface area contributed by atoms with Gasteiger partial charge in [-0.25, -0.2) is 8.78 Å². The first-order valence-corrected chi connectivity index (χ1v) is 6.19. The number of anilines is 1. The Hall–Kier alpha value is -1.49. The number of nitrogens with one attached hydrogen (secondary N) is 1. The maximum absolute atomic E-state index is 13.4. The number of carbonyl (C=O) groups is 1. The quantitative estimate of drug-likeness (QED) is 0.883. The van der Waals surface area contributed by atoms with Crippen LogP contribution < -0.4 is 11.1 Å². The highest BCUT2D eigenvalue weighted by molar-refractivity contribution is 5.92. The lowest BCUT2D eigenvalue weighted by Crippen LogP contribution is -2.32. The smallest absolute Gasteiger partial charge is 0.228 e. The molecule has 0 bridgehead atoms. The zero-order chi connectivity index (χ0) is 14.6. The third-order valence-corrected chi connectivity index (χ3v) is 2.72. The maximum atomic E-state index is 13.4. The van der Waals surface area contributed by atoms with E-state index in [4.69, 9.17) is 5.73 Å². The van der Waals surface area contributed by atoms with E-state index in [9.17, 15) is 13.6 Å². The lowest BCUT2D eigenvalue weighted by Gasteiger charge is -2.24. The van der Waals surface area contributed by atoms with Crippen LogP contribution in [0.1, 0.15) is 27.2 Å². The first-order chi connectivity index (χ1) is 8.74. The molecule has 0 saturated carbocycles. The largest absolute Gasteiger partial charge is 0.330 e. The molecule has 106 valence electrons. The zero-order valence-electron chi connectivity index (χ0n) is 11.5. The Kier molecular flexibility index (Phi) is 5.00. The standard InChI is InChI=1S/C14H20F2N2O/c1-14(2,3)7-9(8-17)13(19)18-11-6-4-5-10(15)12(11)16/h4-6,9H,7-8,17H2,1-3H3,(H,18,19). The van der Waals surface area contributed by atoms with Crippen molar-refractivity contribution >= 4 is 11.6 Å². The van der Waals surface area contributed by atoms with Crippen molar-refractivity contribution in [2.75, 3.05) is 11.9 Å². The van der Waals surface area contributed by atoms with Crippen LogP contribution >= 0.6 is 0 Å². The van der Waals surface area contributed by atoms with E-state index in [1.54, 1.807) is 0 Å². The molecule has 1 atom stereocenters. The van der Waals surface area contributed by atoms with Gasteiger partial charge in [0.25, 0.3) is 0 Å². The summed E-state index contributed by atoms with van der Waals surface area (Å²) >= 11 is 0. The maximum Gasteiger partial charge on any atom is 0.228 e.